The lowest BCUT2D eigenvalue weighted by Gasteiger charge is -2.22. The quantitative estimate of drug-likeness (QED) is 0.828. The molecule has 0 fully saturated rings. The molecule has 0 saturated heterocycles. The molecule has 1 aliphatic heterocycles. The first-order valence-electron chi connectivity index (χ1n) is 6.73. The summed E-state index contributed by atoms with van der Waals surface area (Å²) in [5.41, 5.74) is 1.31. The Bertz CT molecular complexity index is 520. The molecule has 5 heteroatoms. The predicted octanol–water partition coefficient (Wildman–Crippen LogP) is 2.46. The zero-order valence-corrected chi connectivity index (χ0v) is 12.0. The van der Waals surface area contributed by atoms with Crippen molar-refractivity contribution in [3.05, 3.63) is 29.8 Å². The molecule has 0 unspecified atom stereocenters. The van der Waals surface area contributed by atoms with Crippen LogP contribution in [0.25, 0.3) is 0 Å². The van der Waals surface area contributed by atoms with Crippen LogP contribution in [-0.2, 0) is 16.0 Å². The van der Waals surface area contributed by atoms with Crippen LogP contribution in [0.4, 0.5) is 10.5 Å². The van der Waals surface area contributed by atoms with Crippen LogP contribution in [0.1, 0.15) is 32.8 Å². The Morgan fingerprint density at radius 2 is 2.05 bits per heavy atom. The van der Waals surface area contributed by atoms with Crippen LogP contribution >= 0.6 is 0 Å². The third-order valence-corrected chi connectivity index (χ3v) is 2.99. The molecule has 0 radical (unpaired) electrons. The molecule has 2 N–H and O–H groups in total. The molecule has 2 amide bonds. The van der Waals surface area contributed by atoms with Gasteiger partial charge in [0, 0.05) is 5.69 Å². The minimum atomic E-state index is -0.575. The number of rotatable bonds is 1. The maximum absolute atomic E-state index is 12.1. The van der Waals surface area contributed by atoms with E-state index in [-0.39, 0.29) is 5.91 Å². The van der Waals surface area contributed by atoms with Crippen LogP contribution in [-0.4, -0.2) is 23.6 Å². The fraction of sp³-hybridized carbons (Fsp3) is 0.467. The Balaban J connectivity index is 2.02. The molecule has 2 rings (SSSR count). The zero-order valence-electron chi connectivity index (χ0n) is 12.0. The summed E-state index contributed by atoms with van der Waals surface area (Å²) in [6, 6.07) is 7.08. The van der Waals surface area contributed by atoms with Crippen molar-refractivity contribution in [2.45, 2.75) is 45.3 Å². The number of alkyl carbamates (subject to hydrolysis) is 1. The van der Waals surface area contributed by atoms with E-state index in [1.807, 2.05) is 24.3 Å². The highest BCUT2D eigenvalue weighted by molar-refractivity contribution is 5.97. The Hall–Kier alpha value is -2.04. The Kier molecular flexibility index (Phi) is 3.97. The highest BCUT2D eigenvalue weighted by Gasteiger charge is 2.26. The first kappa shape index (κ1) is 14.4. The van der Waals surface area contributed by atoms with E-state index in [0.717, 1.165) is 17.7 Å². The summed E-state index contributed by atoms with van der Waals surface area (Å²) in [4.78, 5) is 23.8. The second-order valence-electron chi connectivity index (χ2n) is 5.88. The monoisotopic (exact) mass is 276 g/mol. The number of benzene rings is 1. The summed E-state index contributed by atoms with van der Waals surface area (Å²) in [6.45, 7) is 5.36. The van der Waals surface area contributed by atoms with Gasteiger partial charge in [0.15, 0.2) is 0 Å². The van der Waals surface area contributed by atoms with Gasteiger partial charge in [-0.1, -0.05) is 18.2 Å². The molecule has 1 heterocycles. The maximum atomic E-state index is 12.1. The van der Waals surface area contributed by atoms with Crippen LogP contribution in [0.3, 0.4) is 0 Å². The number of anilines is 1. The number of fused-ring (bicyclic) bond motifs is 1. The van der Waals surface area contributed by atoms with E-state index in [9.17, 15) is 9.59 Å². The minimum absolute atomic E-state index is 0.208. The van der Waals surface area contributed by atoms with Crippen LogP contribution in [0.5, 0.6) is 0 Å². The van der Waals surface area contributed by atoms with E-state index in [1.54, 1.807) is 20.8 Å². The van der Waals surface area contributed by atoms with Gasteiger partial charge in [-0.25, -0.2) is 4.79 Å². The van der Waals surface area contributed by atoms with Gasteiger partial charge in [0.2, 0.25) is 5.91 Å². The van der Waals surface area contributed by atoms with Gasteiger partial charge in [-0.15, -0.1) is 0 Å². The van der Waals surface area contributed by atoms with Gasteiger partial charge in [0.05, 0.1) is 0 Å². The topological polar surface area (TPSA) is 67.4 Å². The number of para-hydroxylation sites is 1. The third kappa shape index (κ3) is 3.73. The van der Waals surface area contributed by atoms with E-state index in [1.165, 1.54) is 0 Å². The Morgan fingerprint density at radius 1 is 1.35 bits per heavy atom. The van der Waals surface area contributed by atoms with Crippen molar-refractivity contribution >= 4 is 17.7 Å². The summed E-state index contributed by atoms with van der Waals surface area (Å²) in [6.07, 6.45) is 0.723. The van der Waals surface area contributed by atoms with E-state index < -0.39 is 17.7 Å². The summed E-state index contributed by atoms with van der Waals surface area (Å²) in [5.74, 6) is -0.208. The normalized spacial score (nSPS) is 18.6. The Morgan fingerprint density at radius 3 is 2.75 bits per heavy atom. The lowest BCUT2D eigenvalue weighted by atomic mass is 10.1. The number of amides is 2. The van der Waals surface area contributed by atoms with Crippen molar-refractivity contribution in [1.82, 2.24) is 5.32 Å². The van der Waals surface area contributed by atoms with E-state index >= 15 is 0 Å². The summed E-state index contributed by atoms with van der Waals surface area (Å²) >= 11 is 0. The molecule has 0 aliphatic carbocycles. The highest BCUT2D eigenvalue weighted by atomic mass is 16.6. The number of carbonyl (C=O) groups excluding carboxylic acids is 2. The number of ether oxygens (including phenoxy) is 1. The molecule has 0 bridgehead atoms. The van der Waals surface area contributed by atoms with Crippen LogP contribution < -0.4 is 10.6 Å². The van der Waals surface area contributed by atoms with Gasteiger partial charge in [-0.3, -0.25) is 4.79 Å². The summed E-state index contributed by atoms with van der Waals surface area (Å²) in [5, 5.41) is 5.46. The lowest BCUT2D eigenvalue weighted by molar-refractivity contribution is -0.118. The van der Waals surface area contributed by atoms with Crippen molar-refractivity contribution in [2.24, 2.45) is 0 Å². The minimum Gasteiger partial charge on any atom is -0.444 e. The van der Waals surface area contributed by atoms with Gasteiger partial charge < -0.3 is 15.4 Å². The van der Waals surface area contributed by atoms with Gasteiger partial charge >= 0.3 is 6.09 Å². The molecule has 0 saturated carbocycles. The first-order valence-corrected chi connectivity index (χ1v) is 6.73. The van der Waals surface area contributed by atoms with Gasteiger partial charge in [-0.05, 0) is 45.2 Å². The zero-order chi connectivity index (χ0) is 14.8. The largest absolute Gasteiger partial charge is 0.444 e. The SMILES string of the molecule is CC(C)(C)OC(=O)N[C@@H]1CCc2ccccc2NC1=O. The van der Waals surface area contributed by atoms with Crippen LogP contribution in [0, 0.1) is 0 Å². The number of nitrogens with one attached hydrogen (secondary N) is 2. The second kappa shape index (κ2) is 5.53. The highest BCUT2D eigenvalue weighted by Crippen LogP contribution is 2.21. The van der Waals surface area contributed by atoms with Crippen molar-refractivity contribution in [1.29, 1.82) is 0 Å². The smallest absolute Gasteiger partial charge is 0.408 e. The van der Waals surface area contributed by atoms with Crippen molar-refractivity contribution in [3.63, 3.8) is 0 Å². The maximum Gasteiger partial charge on any atom is 0.408 e. The van der Waals surface area contributed by atoms with Crippen LogP contribution in [0.2, 0.25) is 0 Å². The predicted molar refractivity (Wildman–Crippen MR) is 76.6 cm³/mol. The lowest BCUT2D eigenvalue weighted by Crippen LogP contribution is -2.45. The molecular formula is C15H20N2O3. The van der Waals surface area contributed by atoms with E-state index in [0.29, 0.717) is 6.42 Å². The molecule has 1 aliphatic rings. The molecule has 20 heavy (non-hydrogen) atoms. The van der Waals surface area contributed by atoms with Gasteiger partial charge in [0.25, 0.3) is 0 Å². The number of hydrogen-bond acceptors (Lipinski definition) is 3. The molecule has 0 spiro atoms. The Labute approximate surface area is 118 Å². The van der Waals surface area contributed by atoms with Crippen molar-refractivity contribution < 1.29 is 14.3 Å². The molecule has 5 nitrogen and oxygen atoms in total. The van der Waals surface area contributed by atoms with Crippen molar-refractivity contribution in [2.75, 3.05) is 5.32 Å². The first-order chi connectivity index (χ1) is 9.35. The van der Waals surface area contributed by atoms with Gasteiger partial charge in [0.1, 0.15) is 11.6 Å². The number of carbonyl (C=O) groups is 2. The number of hydrogen-bond donors (Lipinski definition) is 2. The third-order valence-electron chi connectivity index (χ3n) is 2.99. The average molecular weight is 276 g/mol. The second-order valence-corrected chi connectivity index (χ2v) is 5.88. The average Bonchev–Trinajstić information content (AvgIpc) is 2.47. The van der Waals surface area contributed by atoms with Crippen molar-refractivity contribution in [3.8, 4) is 0 Å². The molecule has 1 aromatic carbocycles. The molecule has 1 atom stereocenters. The molecule has 0 aromatic heterocycles. The molecular weight excluding hydrogens is 256 g/mol. The van der Waals surface area contributed by atoms with E-state index in [2.05, 4.69) is 10.6 Å². The molecule has 108 valence electrons. The van der Waals surface area contributed by atoms with Gasteiger partial charge in [-0.2, -0.15) is 0 Å². The van der Waals surface area contributed by atoms with Crippen LogP contribution in [0.15, 0.2) is 24.3 Å². The van der Waals surface area contributed by atoms with E-state index in [4.69, 9.17) is 4.74 Å². The standard InChI is InChI=1S/C15H20N2O3/c1-15(2,3)20-14(19)17-12-9-8-10-6-4-5-7-11(10)16-13(12)18/h4-7,12H,8-9H2,1-3H3,(H,16,18)(H,17,19)/t12-/m1/s1. The number of aryl methyl sites for hydroxylation is 1. The summed E-state index contributed by atoms with van der Waals surface area (Å²) < 4.78 is 5.18. The molecule has 1 aromatic rings. The fourth-order valence-electron chi connectivity index (χ4n) is 2.10. The summed E-state index contributed by atoms with van der Waals surface area (Å²) in [7, 11) is 0. The fourth-order valence-corrected chi connectivity index (χ4v) is 2.10.